The van der Waals surface area contributed by atoms with Gasteiger partial charge in [-0.25, -0.2) is 4.98 Å². The van der Waals surface area contributed by atoms with Crippen LogP contribution in [0.2, 0.25) is 0 Å². The van der Waals surface area contributed by atoms with Crippen LogP contribution in [0.5, 0.6) is 0 Å². The number of aromatic nitrogens is 2. The number of nitrogens with zero attached hydrogens (tertiary/aromatic N) is 2. The van der Waals surface area contributed by atoms with Gasteiger partial charge in [0.25, 0.3) is 0 Å². The maximum absolute atomic E-state index is 4.59. The predicted octanol–water partition coefficient (Wildman–Crippen LogP) is 4.60. The molecule has 2 N–H and O–H groups in total. The molecular formula is C16H19BrN4. The lowest BCUT2D eigenvalue weighted by atomic mass is 10.2. The van der Waals surface area contributed by atoms with E-state index in [0.29, 0.717) is 11.9 Å². The molecule has 1 aromatic heterocycles. The van der Waals surface area contributed by atoms with Gasteiger partial charge in [0.05, 0.1) is 11.4 Å². The van der Waals surface area contributed by atoms with Gasteiger partial charge in [-0.15, -0.1) is 0 Å². The van der Waals surface area contributed by atoms with Gasteiger partial charge >= 0.3 is 0 Å². The minimum Gasteiger partial charge on any atom is -0.354 e. The molecule has 4 nitrogen and oxygen atoms in total. The van der Waals surface area contributed by atoms with Crippen molar-refractivity contribution in [2.45, 2.75) is 32.6 Å². The Morgan fingerprint density at radius 3 is 2.71 bits per heavy atom. The molecule has 0 bridgehead atoms. The standard InChI is InChI=1S/C16H19BrN4/c1-3-18-16-20-14(11-5-6-11)9-15(21-16)19-13-7-4-10(2)8-12(13)17/h4,7-9,11H,3,5-6H2,1-2H3,(H2,18,19,20,21). The second-order valence-electron chi connectivity index (χ2n) is 5.41. The molecule has 0 amide bonds. The van der Waals surface area contributed by atoms with Crippen LogP contribution >= 0.6 is 15.9 Å². The van der Waals surface area contributed by atoms with Crippen LogP contribution in [0.4, 0.5) is 17.5 Å². The molecule has 0 aliphatic heterocycles. The molecule has 1 aromatic carbocycles. The highest BCUT2D eigenvalue weighted by atomic mass is 79.9. The average Bonchev–Trinajstić information content (AvgIpc) is 3.27. The van der Waals surface area contributed by atoms with E-state index in [-0.39, 0.29) is 0 Å². The van der Waals surface area contributed by atoms with Crippen molar-refractivity contribution >= 4 is 33.4 Å². The number of benzene rings is 1. The van der Waals surface area contributed by atoms with Gasteiger partial charge in [-0.3, -0.25) is 0 Å². The molecule has 21 heavy (non-hydrogen) atoms. The number of nitrogens with one attached hydrogen (secondary N) is 2. The molecule has 1 fully saturated rings. The number of anilines is 3. The minimum absolute atomic E-state index is 0.604. The molecule has 0 saturated heterocycles. The third kappa shape index (κ3) is 3.53. The number of rotatable bonds is 5. The van der Waals surface area contributed by atoms with Crippen LogP contribution in [0.1, 0.15) is 36.9 Å². The largest absolute Gasteiger partial charge is 0.354 e. The third-order valence-corrected chi connectivity index (χ3v) is 4.12. The van der Waals surface area contributed by atoms with Crippen molar-refractivity contribution in [1.29, 1.82) is 0 Å². The molecule has 0 atom stereocenters. The molecule has 1 aliphatic carbocycles. The maximum atomic E-state index is 4.59. The molecule has 2 aromatic rings. The first kappa shape index (κ1) is 14.3. The van der Waals surface area contributed by atoms with E-state index in [1.54, 1.807) is 0 Å². The Bertz CT molecular complexity index is 653. The highest BCUT2D eigenvalue weighted by Crippen LogP contribution is 2.40. The Hall–Kier alpha value is -1.62. The van der Waals surface area contributed by atoms with E-state index < -0.39 is 0 Å². The summed E-state index contributed by atoms with van der Waals surface area (Å²) in [5.41, 5.74) is 3.37. The lowest BCUT2D eigenvalue weighted by molar-refractivity contribution is 0.977. The highest BCUT2D eigenvalue weighted by Gasteiger charge is 2.26. The van der Waals surface area contributed by atoms with Crippen molar-refractivity contribution in [3.8, 4) is 0 Å². The third-order valence-electron chi connectivity index (χ3n) is 3.46. The lowest BCUT2D eigenvalue weighted by Gasteiger charge is -2.12. The Morgan fingerprint density at radius 2 is 2.05 bits per heavy atom. The predicted molar refractivity (Wildman–Crippen MR) is 90.3 cm³/mol. The molecule has 110 valence electrons. The summed E-state index contributed by atoms with van der Waals surface area (Å²) in [6.45, 7) is 4.95. The van der Waals surface area contributed by atoms with Crippen LogP contribution in [-0.2, 0) is 0 Å². The normalized spacial score (nSPS) is 14.0. The number of hydrogen-bond acceptors (Lipinski definition) is 4. The molecule has 1 saturated carbocycles. The van der Waals surface area contributed by atoms with Crippen molar-refractivity contribution in [3.05, 3.63) is 40.0 Å². The second kappa shape index (κ2) is 6.02. The summed E-state index contributed by atoms with van der Waals surface area (Å²) in [7, 11) is 0. The van der Waals surface area contributed by atoms with E-state index in [9.17, 15) is 0 Å². The zero-order valence-corrected chi connectivity index (χ0v) is 13.9. The van der Waals surface area contributed by atoms with Gasteiger partial charge in [-0.05, 0) is 60.3 Å². The van der Waals surface area contributed by atoms with Crippen LogP contribution < -0.4 is 10.6 Å². The monoisotopic (exact) mass is 346 g/mol. The van der Waals surface area contributed by atoms with Gasteiger partial charge < -0.3 is 10.6 Å². The molecule has 0 spiro atoms. The van der Waals surface area contributed by atoms with Crippen LogP contribution in [0.25, 0.3) is 0 Å². The van der Waals surface area contributed by atoms with Gasteiger partial charge in [-0.1, -0.05) is 6.07 Å². The fourth-order valence-electron chi connectivity index (χ4n) is 2.21. The minimum atomic E-state index is 0.604. The number of aryl methyl sites for hydroxylation is 1. The molecular weight excluding hydrogens is 328 g/mol. The smallest absolute Gasteiger partial charge is 0.224 e. The van der Waals surface area contributed by atoms with Crippen LogP contribution in [-0.4, -0.2) is 16.5 Å². The number of hydrogen-bond donors (Lipinski definition) is 2. The van der Waals surface area contributed by atoms with E-state index in [4.69, 9.17) is 0 Å². The first-order valence-electron chi connectivity index (χ1n) is 7.31. The van der Waals surface area contributed by atoms with Crippen LogP contribution in [0.3, 0.4) is 0 Å². The summed E-state index contributed by atoms with van der Waals surface area (Å²) in [6, 6.07) is 8.30. The summed E-state index contributed by atoms with van der Waals surface area (Å²) in [6.07, 6.45) is 2.46. The Morgan fingerprint density at radius 1 is 1.24 bits per heavy atom. The van der Waals surface area contributed by atoms with Crippen molar-refractivity contribution in [2.24, 2.45) is 0 Å². The zero-order valence-electron chi connectivity index (χ0n) is 12.3. The fraction of sp³-hybridized carbons (Fsp3) is 0.375. The van der Waals surface area contributed by atoms with Crippen molar-refractivity contribution in [3.63, 3.8) is 0 Å². The maximum Gasteiger partial charge on any atom is 0.224 e. The van der Waals surface area contributed by atoms with E-state index in [0.717, 1.165) is 28.2 Å². The highest BCUT2D eigenvalue weighted by molar-refractivity contribution is 9.10. The molecule has 0 radical (unpaired) electrons. The Labute approximate surface area is 133 Å². The SMILES string of the molecule is CCNc1nc(Nc2ccc(C)cc2Br)cc(C2CC2)n1. The van der Waals surface area contributed by atoms with Gasteiger partial charge in [0.1, 0.15) is 5.82 Å². The van der Waals surface area contributed by atoms with Crippen molar-refractivity contribution in [2.75, 3.05) is 17.2 Å². The Balaban J connectivity index is 1.89. The molecule has 1 heterocycles. The van der Waals surface area contributed by atoms with E-state index in [1.807, 2.05) is 0 Å². The van der Waals surface area contributed by atoms with E-state index in [2.05, 4.69) is 74.6 Å². The average molecular weight is 347 g/mol. The Kier molecular flexibility index (Phi) is 4.10. The van der Waals surface area contributed by atoms with Gasteiger partial charge in [-0.2, -0.15) is 4.98 Å². The summed E-state index contributed by atoms with van der Waals surface area (Å²) >= 11 is 3.59. The van der Waals surface area contributed by atoms with Gasteiger partial charge in [0.2, 0.25) is 5.95 Å². The molecule has 1 aliphatic rings. The van der Waals surface area contributed by atoms with E-state index >= 15 is 0 Å². The van der Waals surface area contributed by atoms with Crippen molar-refractivity contribution < 1.29 is 0 Å². The topological polar surface area (TPSA) is 49.8 Å². The summed E-state index contributed by atoms with van der Waals surface area (Å²) < 4.78 is 1.04. The summed E-state index contributed by atoms with van der Waals surface area (Å²) in [5, 5.41) is 6.59. The lowest BCUT2D eigenvalue weighted by Crippen LogP contribution is -2.06. The van der Waals surface area contributed by atoms with Gasteiger partial charge in [0, 0.05) is 23.0 Å². The van der Waals surface area contributed by atoms with E-state index in [1.165, 1.54) is 18.4 Å². The molecule has 5 heteroatoms. The van der Waals surface area contributed by atoms with Crippen molar-refractivity contribution in [1.82, 2.24) is 9.97 Å². The summed E-state index contributed by atoms with van der Waals surface area (Å²) in [4.78, 5) is 9.13. The van der Waals surface area contributed by atoms with Crippen LogP contribution in [0.15, 0.2) is 28.7 Å². The van der Waals surface area contributed by atoms with Gasteiger partial charge in [0.15, 0.2) is 0 Å². The first-order valence-corrected chi connectivity index (χ1v) is 8.11. The first-order chi connectivity index (χ1) is 10.2. The fourth-order valence-corrected chi connectivity index (χ4v) is 2.81. The van der Waals surface area contributed by atoms with Crippen LogP contribution in [0, 0.1) is 6.92 Å². The molecule has 3 rings (SSSR count). The quantitative estimate of drug-likeness (QED) is 0.830. The number of halogens is 1. The zero-order chi connectivity index (χ0) is 14.8. The molecule has 0 unspecified atom stereocenters. The second-order valence-corrected chi connectivity index (χ2v) is 6.27. The summed E-state index contributed by atoms with van der Waals surface area (Å²) in [5.74, 6) is 2.15.